The fourth-order valence-electron chi connectivity index (χ4n) is 4.37. The molecule has 158 valence electrons. The highest BCUT2D eigenvalue weighted by Gasteiger charge is 2.22. The number of hydrogen-bond acceptors (Lipinski definition) is 6. The Hall–Kier alpha value is -2.72. The summed E-state index contributed by atoms with van der Waals surface area (Å²) >= 11 is 1.65. The summed E-state index contributed by atoms with van der Waals surface area (Å²) in [5, 5.41) is 3.39. The summed E-state index contributed by atoms with van der Waals surface area (Å²) in [6.45, 7) is 7.10. The molecule has 0 bridgehead atoms. The van der Waals surface area contributed by atoms with Crippen LogP contribution in [0.4, 0.5) is 0 Å². The minimum Gasteiger partial charge on any atom is -0.322 e. The lowest BCUT2D eigenvalue weighted by Crippen LogP contribution is -2.32. The van der Waals surface area contributed by atoms with E-state index in [4.69, 9.17) is 9.97 Å². The normalized spacial score (nSPS) is 15.5. The molecule has 1 fully saturated rings. The van der Waals surface area contributed by atoms with E-state index in [-0.39, 0.29) is 5.56 Å². The third-order valence-electron chi connectivity index (χ3n) is 5.84. The number of H-pyrrole nitrogens is 1. The van der Waals surface area contributed by atoms with Gasteiger partial charge >= 0.3 is 5.69 Å². The van der Waals surface area contributed by atoms with Gasteiger partial charge in [0.25, 0.3) is 5.56 Å². The predicted octanol–water partition coefficient (Wildman–Crippen LogP) is 1.51. The fraction of sp³-hybridized carbons (Fsp3) is 0.500. The van der Waals surface area contributed by atoms with Crippen molar-refractivity contribution < 1.29 is 0 Å². The molecule has 5 rings (SSSR count). The van der Waals surface area contributed by atoms with Crippen LogP contribution in [0.15, 0.2) is 22.0 Å². The number of aromatic amines is 1. The Morgan fingerprint density at radius 1 is 1.17 bits per heavy atom. The Bertz CT molecular complexity index is 1300. The molecule has 2 N–H and O–H groups in total. The zero-order valence-corrected chi connectivity index (χ0v) is 18.0. The highest BCUT2D eigenvalue weighted by Crippen LogP contribution is 2.22. The Balaban J connectivity index is 1.63. The topological polar surface area (TPSA) is 102 Å². The standard InChI is InChI=1S/C20H25N7O2S/c1-3-26-17-16(18(28)24-19(26)29)27(10-13-4-6-21-7-5-13)15(23-17)8-14-11-25-9-12(2)30-20(25)22-14/h9,11,13,21H,3-8,10H2,1-2H3,(H,24,28,29). The van der Waals surface area contributed by atoms with Crippen molar-refractivity contribution in [3.63, 3.8) is 0 Å². The number of piperidine rings is 1. The van der Waals surface area contributed by atoms with Gasteiger partial charge in [-0.15, -0.1) is 11.3 Å². The first-order valence-electron chi connectivity index (χ1n) is 10.4. The van der Waals surface area contributed by atoms with Gasteiger partial charge < -0.3 is 9.88 Å². The van der Waals surface area contributed by atoms with Crippen LogP contribution >= 0.6 is 11.3 Å². The van der Waals surface area contributed by atoms with Crippen LogP contribution in [-0.4, -0.2) is 41.6 Å². The molecule has 0 spiro atoms. The van der Waals surface area contributed by atoms with Gasteiger partial charge in [0.1, 0.15) is 5.82 Å². The second-order valence-corrected chi connectivity index (χ2v) is 9.16. The molecular formula is C20H25N7O2S. The van der Waals surface area contributed by atoms with Crippen LogP contribution in [0, 0.1) is 12.8 Å². The molecule has 30 heavy (non-hydrogen) atoms. The van der Waals surface area contributed by atoms with Crippen molar-refractivity contribution in [1.29, 1.82) is 0 Å². The Kier molecular flexibility index (Phi) is 4.82. The molecule has 10 heteroatoms. The summed E-state index contributed by atoms with van der Waals surface area (Å²) in [6, 6.07) is 0. The average molecular weight is 428 g/mol. The van der Waals surface area contributed by atoms with Crippen molar-refractivity contribution in [2.45, 2.75) is 46.2 Å². The number of fused-ring (bicyclic) bond motifs is 2. The van der Waals surface area contributed by atoms with Crippen molar-refractivity contribution in [2.24, 2.45) is 5.92 Å². The quantitative estimate of drug-likeness (QED) is 0.503. The molecule has 0 amide bonds. The molecule has 0 aliphatic carbocycles. The SMILES string of the molecule is CCn1c(=O)[nH]c(=O)c2c1nc(Cc1cn3cc(C)sc3n1)n2CC1CCNCC1. The number of rotatable bonds is 5. The van der Waals surface area contributed by atoms with Gasteiger partial charge in [0, 0.05) is 36.8 Å². The Labute approximate surface area is 176 Å². The molecule has 1 saturated heterocycles. The van der Waals surface area contributed by atoms with E-state index in [1.807, 2.05) is 22.1 Å². The molecule has 0 unspecified atom stereocenters. The summed E-state index contributed by atoms with van der Waals surface area (Å²) in [5.41, 5.74) is 1.08. The van der Waals surface area contributed by atoms with Gasteiger partial charge in [-0.3, -0.25) is 18.7 Å². The van der Waals surface area contributed by atoms with E-state index in [9.17, 15) is 9.59 Å². The molecule has 1 aliphatic heterocycles. The molecule has 5 heterocycles. The monoisotopic (exact) mass is 427 g/mol. The van der Waals surface area contributed by atoms with Crippen LogP contribution < -0.4 is 16.6 Å². The van der Waals surface area contributed by atoms with Gasteiger partial charge in [0.15, 0.2) is 16.1 Å². The Morgan fingerprint density at radius 3 is 2.70 bits per heavy atom. The van der Waals surface area contributed by atoms with Crippen LogP contribution in [0.5, 0.6) is 0 Å². The summed E-state index contributed by atoms with van der Waals surface area (Å²) in [5.74, 6) is 1.25. The Morgan fingerprint density at radius 2 is 1.97 bits per heavy atom. The van der Waals surface area contributed by atoms with E-state index in [0.29, 0.717) is 30.0 Å². The van der Waals surface area contributed by atoms with Gasteiger partial charge in [0.2, 0.25) is 0 Å². The van der Waals surface area contributed by atoms with Gasteiger partial charge in [-0.2, -0.15) is 0 Å². The first-order chi connectivity index (χ1) is 14.5. The molecule has 0 aromatic carbocycles. The van der Waals surface area contributed by atoms with E-state index >= 15 is 0 Å². The summed E-state index contributed by atoms with van der Waals surface area (Å²) in [6.07, 6.45) is 6.72. The van der Waals surface area contributed by atoms with Gasteiger partial charge in [-0.25, -0.2) is 14.8 Å². The third-order valence-corrected chi connectivity index (χ3v) is 6.75. The van der Waals surface area contributed by atoms with Crippen molar-refractivity contribution >= 4 is 27.5 Å². The third kappa shape index (κ3) is 3.29. The lowest BCUT2D eigenvalue weighted by molar-refractivity contribution is 0.333. The summed E-state index contributed by atoms with van der Waals surface area (Å²) < 4.78 is 5.59. The maximum Gasteiger partial charge on any atom is 0.330 e. The van der Waals surface area contributed by atoms with E-state index < -0.39 is 5.69 Å². The van der Waals surface area contributed by atoms with Crippen molar-refractivity contribution in [3.8, 4) is 0 Å². The largest absolute Gasteiger partial charge is 0.330 e. The predicted molar refractivity (Wildman–Crippen MR) is 116 cm³/mol. The fourth-order valence-corrected chi connectivity index (χ4v) is 5.20. The molecule has 9 nitrogen and oxygen atoms in total. The molecular weight excluding hydrogens is 402 g/mol. The number of thiazole rings is 1. The zero-order chi connectivity index (χ0) is 20.8. The first-order valence-corrected chi connectivity index (χ1v) is 11.2. The highest BCUT2D eigenvalue weighted by atomic mass is 32.1. The van der Waals surface area contributed by atoms with Crippen LogP contribution in [0.1, 0.15) is 36.2 Å². The number of aromatic nitrogens is 6. The van der Waals surface area contributed by atoms with Crippen LogP contribution in [0.2, 0.25) is 0 Å². The summed E-state index contributed by atoms with van der Waals surface area (Å²) in [7, 11) is 0. The minimum absolute atomic E-state index is 0.367. The van der Waals surface area contributed by atoms with Crippen molar-refractivity contribution in [1.82, 2.24) is 33.8 Å². The number of nitrogens with one attached hydrogen (secondary N) is 2. The van der Waals surface area contributed by atoms with Gasteiger partial charge in [-0.1, -0.05) is 0 Å². The first kappa shape index (κ1) is 19.3. The second kappa shape index (κ2) is 7.51. The molecule has 0 atom stereocenters. The maximum absolute atomic E-state index is 12.8. The molecule has 4 aromatic rings. The smallest absolute Gasteiger partial charge is 0.322 e. The van der Waals surface area contributed by atoms with Crippen LogP contribution in [0.3, 0.4) is 0 Å². The molecule has 1 aliphatic rings. The summed E-state index contributed by atoms with van der Waals surface area (Å²) in [4.78, 5) is 39.2. The number of aryl methyl sites for hydroxylation is 2. The van der Waals surface area contributed by atoms with Crippen molar-refractivity contribution in [2.75, 3.05) is 13.1 Å². The average Bonchev–Trinajstić information content (AvgIpc) is 3.35. The zero-order valence-electron chi connectivity index (χ0n) is 17.1. The lowest BCUT2D eigenvalue weighted by atomic mass is 9.98. The van der Waals surface area contributed by atoms with E-state index in [1.165, 1.54) is 9.44 Å². The number of imidazole rings is 2. The van der Waals surface area contributed by atoms with E-state index in [1.54, 1.807) is 11.3 Å². The number of hydrogen-bond donors (Lipinski definition) is 2. The van der Waals surface area contributed by atoms with E-state index in [2.05, 4.69) is 23.4 Å². The molecule has 4 aromatic heterocycles. The van der Waals surface area contributed by atoms with Crippen molar-refractivity contribution in [3.05, 3.63) is 49.6 Å². The van der Waals surface area contributed by atoms with Gasteiger partial charge in [0.05, 0.1) is 5.69 Å². The molecule has 0 radical (unpaired) electrons. The van der Waals surface area contributed by atoms with Crippen LogP contribution in [-0.2, 0) is 19.5 Å². The lowest BCUT2D eigenvalue weighted by Gasteiger charge is -2.23. The van der Waals surface area contributed by atoms with E-state index in [0.717, 1.165) is 49.0 Å². The highest BCUT2D eigenvalue weighted by molar-refractivity contribution is 7.16. The minimum atomic E-state index is -0.411. The maximum atomic E-state index is 12.8. The molecule has 0 saturated carbocycles. The van der Waals surface area contributed by atoms with Gasteiger partial charge in [-0.05, 0) is 45.7 Å². The second-order valence-electron chi connectivity index (χ2n) is 7.95. The van der Waals surface area contributed by atoms with Crippen LogP contribution in [0.25, 0.3) is 16.1 Å². The number of nitrogens with zero attached hydrogens (tertiary/aromatic N) is 5.